The van der Waals surface area contributed by atoms with Gasteiger partial charge in [-0.05, 0) is 37.5 Å². The molecule has 0 N–H and O–H groups in total. The quantitative estimate of drug-likeness (QED) is 0.528. The first-order valence-electron chi connectivity index (χ1n) is 5.23. The van der Waals surface area contributed by atoms with Crippen LogP contribution in [0.2, 0.25) is 0 Å². The average Bonchev–Trinajstić information content (AvgIpc) is 2.13. The molecule has 0 saturated heterocycles. The summed E-state index contributed by atoms with van der Waals surface area (Å²) in [6, 6.07) is 0. The second-order valence-electron chi connectivity index (χ2n) is 4.70. The van der Waals surface area contributed by atoms with Crippen LogP contribution in [0.1, 0.15) is 46.5 Å². The van der Waals surface area contributed by atoms with Gasteiger partial charge in [0.05, 0.1) is 0 Å². The third kappa shape index (κ3) is 2.76. The molecule has 0 heterocycles. The van der Waals surface area contributed by atoms with Crippen molar-refractivity contribution in [2.75, 3.05) is 0 Å². The minimum absolute atomic E-state index is 0.331. The molecule has 1 saturated carbocycles. The maximum absolute atomic E-state index is 13.1. The molecule has 3 atom stereocenters. The average molecular weight is 172 g/mol. The van der Waals surface area contributed by atoms with Gasteiger partial charge in [-0.15, -0.1) is 0 Å². The van der Waals surface area contributed by atoms with Gasteiger partial charge < -0.3 is 0 Å². The molecule has 0 bridgehead atoms. The fourth-order valence-corrected chi connectivity index (χ4v) is 2.31. The summed E-state index contributed by atoms with van der Waals surface area (Å²) in [6.07, 6.45) is 4.19. The van der Waals surface area contributed by atoms with Crippen LogP contribution in [0.15, 0.2) is 0 Å². The van der Waals surface area contributed by atoms with E-state index in [1.54, 1.807) is 6.92 Å². The van der Waals surface area contributed by atoms with E-state index in [0.717, 1.165) is 24.7 Å². The lowest BCUT2D eigenvalue weighted by atomic mass is 9.89. The first-order valence-corrected chi connectivity index (χ1v) is 5.23. The minimum atomic E-state index is -0.604. The molecule has 72 valence electrons. The van der Waals surface area contributed by atoms with Gasteiger partial charge in [-0.3, -0.25) is 0 Å². The summed E-state index contributed by atoms with van der Waals surface area (Å²) in [5.41, 5.74) is 0. The summed E-state index contributed by atoms with van der Waals surface area (Å²) in [4.78, 5) is 0. The Labute approximate surface area is 75.5 Å². The predicted octanol–water partition coefficient (Wildman–Crippen LogP) is 3.81. The van der Waals surface area contributed by atoms with Gasteiger partial charge in [-0.25, -0.2) is 4.39 Å². The van der Waals surface area contributed by atoms with E-state index in [0.29, 0.717) is 5.92 Å². The molecule has 0 radical (unpaired) electrons. The number of rotatable bonds is 1. The molecule has 1 aliphatic rings. The molecule has 1 aliphatic carbocycles. The molecule has 1 rings (SSSR count). The van der Waals surface area contributed by atoms with E-state index in [4.69, 9.17) is 0 Å². The van der Waals surface area contributed by atoms with Gasteiger partial charge in [-0.1, -0.05) is 26.7 Å². The first kappa shape index (κ1) is 10.0. The van der Waals surface area contributed by atoms with Gasteiger partial charge in [0.25, 0.3) is 0 Å². The summed E-state index contributed by atoms with van der Waals surface area (Å²) in [6.45, 7) is 6.23. The second kappa shape index (κ2) is 4.25. The zero-order valence-corrected chi connectivity index (χ0v) is 8.52. The van der Waals surface area contributed by atoms with Crippen LogP contribution in [0.25, 0.3) is 0 Å². The molecule has 1 unspecified atom stereocenters. The lowest BCUT2D eigenvalue weighted by Crippen LogP contribution is -2.15. The fourth-order valence-electron chi connectivity index (χ4n) is 2.31. The number of hydrogen-bond acceptors (Lipinski definition) is 0. The molecule has 0 aliphatic heterocycles. The standard InChI is InChI=1S/C11H21F/c1-8-4-5-9(2)7-11(6-8)10(3)12/h8-11H,4-7H2,1-3H3/t8-,9-,10?/m0/s1. The molecule has 0 nitrogen and oxygen atoms in total. The zero-order chi connectivity index (χ0) is 9.14. The summed E-state index contributed by atoms with van der Waals surface area (Å²) in [5.74, 6) is 1.80. The van der Waals surface area contributed by atoms with Gasteiger partial charge in [0.15, 0.2) is 0 Å². The SMILES string of the molecule is CC(F)C1C[C@@H](C)CC[C@H](C)C1. The van der Waals surface area contributed by atoms with Gasteiger partial charge in [-0.2, -0.15) is 0 Å². The summed E-state index contributed by atoms with van der Waals surface area (Å²) in [5, 5.41) is 0. The molecule has 1 heteroatoms. The lowest BCUT2D eigenvalue weighted by molar-refractivity contribution is 0.202. The molecule has 0 amide bonds. The van der Waals surface area contributed by atoms with Crippen LogP contribution in [0, 0.1) is 17.8 Å². The topological polar surface area (TPSA) is 0 Å². The van der Waals surface area contributed by atoms with Gasteiger partial charge in [0.1, 0.15) is 6.17 Å². The Bertz CT molecular complexity index is 119. The van der Waals surface area contributed by atoms with Gasteiger partial charge in [0.2, 0.25) is 0 Å². The van der Waals surface area contributed by atoms with Crippen molar-refractivity contribution in [1.29, 1.82) is 0 Å². The van der Waals surface area contributed by atoms with Crippen molar-refractivity contribution < 1.29 is 4.39 Å². The van der Waals surface area contributed by atoms with Crippen molar-refractivity contribution in [2.24, 2.45) is 17.8 Å². The van der Waals surface area contributed by atoms with Crippen LogP contribution in [0.4, 0.5) is 4.39 Å². The van der Waals surface area contributed by atoms with Crippen LogP contribution in [0.5, 0.6) is 0 Å². The fraction of sp³-hybridized carbons (Fsp3) is 1.00. The summed E-state index contributed by atoms with van der Waals surface area (Å²) >= 11 is 0. The van der Waals surface area contributed by atoms with E-state index >= 15 is 0 Å². The molecule has 0 aromatic heterocycles. The molecule has 0 spiro atoms. The smallest absolute Gasteiger partial charge is 0.100 e. The van der Waals surface area contributed by atoms with Crippen molar-refractivity contribution in [3.05, 3.63) is 0 Å². The molecular weight excluding hydrogens is 151 g/mol. The Balaban J connectivity index is 2.49. The monoisotopic (exact) mass is 172 g/mol. The summed E-state index contributed by atoms with van der Waals surface area (Å²) in [7, 11) is 0. The Morgan fingerprint density at radius 3 is 1.83 bits per heavy atom. The van der Waals surface area contributed by atoms with E-state index < -0.39 is 6.17 Å². The molecule has 12 heavy (non-hydrogen) atoms. The lowest BCUT2D eigenvalue weighted by Gasteiger charge is -2.19. The number of alkyl halides is 1. The number of hydrogen-bond donors (Lipinski definition) is 0. The Morgan fingerprint density at radius 1 is 1.08 bits per heavy atom. The summed E-state index contributed by atoms with van der Waals surface area (Å²) < 4.78 is 13.1. The van der Waals surface area contributed by atoms with Crippen molar-refractivity contribution in [3.8, 4) is 0 Å². The van der Waals surface area contributed by atoms with Crippen molar-refractivity contribution in [2.45, 2.75) is 52.6 Å². The highest BCUT2D eigenvalue weighted by Gasteiger charge is 2.25. The van der Waals surface area contributed by atoms with Crippen LogP contribution >= 0.6 is 0 Å². The molecular formula is C11H21F. The van der Waals surface area contributed by atoms with E-state index in [9.17, 15) is 4.39 Å². The van der Waals surface area contributed by atoms with Gasteiger partial charge >= 0.3 is 0 Å². The molecule has 1 fully saturated rings. The minimum Gasteiger partial charge on any atom is -0.247 e. The number of halogens is 1. The van der Waals surface area contributed by atoms with Gasteiger partial charge in [0, 0.05) is 0 Å². The molecule has 0 aromatic rings. The van der Waals surface area contributed by atoms with Crippen LogP contribution in [0.3, 0.4) is 0 Å². The Morgan fingerprint density at radius 2 is 1.50 bits per heavy atom. The Kier molecular flexibility index (Phi) is 3.54. The molecule has 0 aromatic carbocycles. The highest BCUT2D eigenvalue weighted by Crippen LogP contribution is 2.33. The maximum atomic E-state index is 13.1. The zero-order valence-electron chi connectivity index (χ0n) is 8.52. The van der Waals surface area contributed by atoms with E-state index in [-0.39, 0.29) is 0 Å². The van der Waals surface area contributed by atoms with Crippen LogP contribution < -0.4 is 0 Å². The highest BCUT2D eigenvalue weighted by molar-refractivity contribution is 4.75. The van der Waals surface area contributed by atoms with Crippen molar-refractivity contribution in [3.63, 3.8) is 0 Å². The largest absolute Gasteiger partial charge is 0.247 e. The highest BCUT2D eigenvalue weighted by atomic mass is 19.1. The third-order valence-electron chi connectivity index (χ3n) is 3.21. The third-order valence-corrected chi connectivity index (χ3v) is 3.21. The predicted molar refractivity (Wildman–Crippen MR) is 50.9 cm³/mol. The normalized spacial score (nSPS) is 36.0. The first-order chi connectivity index (χ1) is 5.59. The van der Waals surface area contributed by atoms with Crippen molar-refractivity contribution >= 4 is 0 Å². The van der Waals surface area contributed by atoms with E-state index in [1.165, 1.54) is 12.8 Å². The maximum Gasteiger partial charge on any atom is 0.100 e. The second-order valence-corrected chi connectivity index (χ2v) is 4.70. The Hall–Kier alpha value is -0.0700. The van der Waals surface area contributed by atoms with Crippen LogP contribution in [-0.2, 0) is 0 Å². The van der Waals surface area contributed by atoms with Crippen LogP contribution in [-0.4, -0.2) is 6.17 Å². The van der Waals surface area contributed by atoms with Crippen molar-refractivity contribution in [1.82, 2.24) is 0 Å². The van der Waals surface area contributed by atoms with E-state index in [2.05, 4.69) is 13.8 Å². The van der Waals surface area contributed by atoms with E-state index in [1.807, 2.05) is 0 Å².